The third kappa shape index (κ3) is 4.52. The highest BCUT2D eigenvalue weighted by Crippen LogP contribution is 2.21. The number of nitrogens with two attached hydrogens (primary N) is 1. The molecule has 1 aromatic rings. The molecular weight excluding hydrogens is 212 g/mol. The van der Waals surface area contributed by atoms with Crippen molar-refractivity contribution in [2.24, 2.45) is 5.73 Å². The van der Waals surface area contributed by atoms with Crippen LogP contribution in [-0.2, 0) is 0 Å². The van der Waals surface area contributed by atoms with E-state index >= 15 is 0 Å². The Hall–Kier alpha value is -0.800. The first-order valence-electron chi connectivity index (χ1n) is 6.79. The minimum absolute atomic E-state index is 0.312. The molecule has 0 aromatic carbocycles. The van der Waals surface area contributed by atoms with E-state index in [4.69, 9.17) is 10.2 Å². The predicted octanol–water partition coefficient (Wildman–Crippen LogP) is 3.18. The highest BCUT2D eigenvalue weighted by atomic mass is 16.3. The Labute approximate surface area is 105 Å². The van der Waals surface area contributed by atoms with Gasteiger partial charge in [0.15, 0.2) is 0 Å². The van der Waals surface area contributed by atoms with Crippen molar-refractivity contribution in [2.75, 3.05) is 19.6 Å². The molecular formula is C14H26N2O. The van der Waals surface area contributed by atoms with E-state index in [-0.39, 0.29) is 0 Å². The minimum Gasteiger partial charge on any atom is -0.472 e. The molecule has 98 valence electrons. The Morgan fingerprint density at radius 1 is 1.24 bits per heavy atom. The molecule has 0 aliphatic carbocycles. The average molecular weight is 238 g/mol. The van der Waals surface area contributed by atoms with Gasteiger partial charge in [-0.15, -0.1) is 0 Å². The summed E-state index contributed by atoms with van der Waals surface area (Å²) in [5.74, 6) is 0. The fraction of sp³-hybridized carbons (Fsp3) is 0.714. The van der Waals surface area contributed by atoms with Gasteiger partial charge in [0.1, 0.15) is 0 Å². The Kier molecular flexibility index (Phi) is 6.97. The summed E-state index contributed by atoms with van der Waals surface area (Å²) in [6.45, 7) is 7.38. The molecule has 3 heteroatoms. The maximum atomic E-state index is 5.93. The first-order chi connectivity index (χ1) is 8.33. The number of rotatable bonds is 9. The van der Waals surface area contributed by atoms with Gasteiger partial charge in [-0.1, -0.05) is 26.7 Å². The second-order valence-corrected chi connectivity index (χ2v) is 4.55. The van der Waals surface area contributed by atoms with Crippen molar-refractivity contribution < 1.29 is 4.42 Å². The SMILES string of the molecule is CCCCN(CCCC)C(CN)c1ccoc1. The summed E-state index contributed by atoms with van der Waals surface area (Å²) < 4.78 is 5.17. The van der Waals surface area contributed by atoms with Crippen LogP contribution in [0.1, 0.15) is 51.1 Å². The number of hydrogen-bond acceptors (Lipinski definition) is 3. The van der Waals surface area contributed by atoms with Crippen LogP contribution in [0.2, 0.25) is 0 Å². The lowest BCUT2D eigenvalue weighted by atomic mass is 10.1. The molecule has 0 saturated carbocycles. The summed E-state index contributed by atoms with van der Waals surface area (Å²) >= 11 is 0. The minimum atomic E-state index is 0.312. The molecule has 1 unspecified atom stereocenters. The summed E-state index contributed by atoms with van der Waals surface area (Å²) in [6.07, 6.45) is 8.48. The van der Waals surface area contributed by atoms with Crippen LogP contribution < -0.4 is 5.73 Å². The van der Waals surface area contributed by atoms with E-state index in [1.165, 1.54) is 31.2 Å². The van der Waals surface area contributed by atoms with Crippen molar-refractivity contribution in [3.63, 3.8) is 0 Å². The molecule has 0 radical (unpaired) electrons. The normalized spacial score (nSPS) is 13.2. The Bertz CT molecular complexity index is 264. The molecule has 0 amide bonds. The van der Waals surface area contributed by atoms with Crippen molar-refractivity contribution in [1.29, 1.82) is 0 Å². The second-order valence-electron chi connectivity index (χ2n) is 4.55. The van der Waals surface area contributed by atoms with Crippen molar-refractivity contribution in [1.82, 2.24) is 4.90 Å². The summed E-state index contributed by atoms with van der Waals surface area (Å²) in [6, 6.07) is 2.34. The number of furan rings is 1. The van der Waals surface area contributed by atoms with Crippen LogP contribution in [0.25, 0.3) is 0 Å². The first-order valence-corrected chi connectivity index (χ1v) is 6.79. The first kappa shape index (κ1) is 14.3. The van der Waals surface area contributed by atoms with E-state index in [2.05, 4.69) is 18.7 Å². The molecule has 1 heterocycles. The van der Waals surface area contributed by atoms with Crippen molar-refractivity contribution in [3.05, 3.63) is 24.2 Å². The molecule has 2 N–H and O–H groups in total. The largest absolute Gasteiger partial charge is 0.472 e. The van der Waals surface area contributed by atoms with Gasteiger partial charge in [0.25, 0.3) is 0 Å². The number of nitrogens with zero attached hydrogens (tertiary/aromatic N) is 1. The molecule has 1 atom stereocenters. The quantitative estimate of drug-likeness (QED) is 0.718. The highest BCUT2D eigenvalue weighted by molar-refractivity contribution is 5.12. The van der Waals surface area contributed by atoms with Gasteiger partial charge in [0.2, 0.25) is 0 Å². The third-order valence-electron chi connectivity index (χ3n) is 3.19. The predicted molar refractivity (Wildman–Crippen MR) is 71.9 cm³/mol. The van der Waals surface area contributed by atoms with Crippen LogP contribution in [-0.4, -0.2) is 24.5 Å². The molecule has 3 nitrogen and oxygen atoms in total. The van der Waals surface area contributed by atoms with Gasteiger partial charge < -0.3 is 10.2 Å². The fourth-order valence-electron chi connectivity index (χ4n) is 2.11. The monoisotopic (exact) mass is 238 g/mol. The molecule has 0 aliphatic rings. The van der Waals surface area contributed by atoms with Gasteiger partial charge in [-0.3, -0.25) is 4.90 Å². The van der Waals surface area contributed by atoms with Crippen molar-refractivity contribution in [2.45, 2.75) is 45.6 Å². The van der Waals surface area contributed by atoms with Crippen molar-refractivity contribution >= 4 is 0 Å². The molecule has 0 fully saturated rings. The lowest BCUT2D eigenvalue weighted by Gasteiger charge is -2.30. The number of hydrogen-bond donors (Lipinski definition) is 1. The topological polar surface area (TPSA) is 42.4 Å². The van der Waals surface area contributed by atoms with Gasteiger partial charge in [-0.25, -0.2) is 0 Å². The van der Waals surface area contributed by atoms with Gasteiger partial charge in [-0.2, -0.15) is 0 Å². The highest BCUT2D eigenvalue weighted by Gasteiger charge is 2.18. The smallest absolute Gasteiger partial charge is 0.0950 e. The fourth-order valence-corrected chi connectivity index (χ4v) is 2.11. The van der Waals surface area contributed by atoms with Crippen LogP contribution >= 0.6 is 0 Å². The zero-order valence-electron chi connectivity index (χ0n) is 11.2. The van der Waals surface area contributed by atoms with E-state index < -0.39 is 0 Å². The van der Waals surface area contributed by atoms with Crippen LogP contribution in [0, 0.1) is 0 Å². The van der Waals surface area contributed by atoms with Crippen LogP contribution in [0.3, 0.4) is 0 Å². The Balaban J connectivity index is 2.63. The third-order valence-corrected chi connectivity index (χ3v) is 3.19. The molecule has 1 rings (SSSR count). The van der Waals surface area contributed by atoms with Gasteiger partial charge in [-0.05, 0) is 32.0 Å². The summed E-state index contributed by atoms with van der Waals surface area (Å²) in [5, 5.41) is 0. The maximum Gasteiger partial charge on any atom is 0.0950 e. The standard InChI is InChI=1S/C14H26N2O/c1-3-5-8-16(9-6-4-2)14(11-15)13-7-10-17-12-13/h7,10,12,14H,3-6,8-9,11,15H2,1-2H3. The van der Waals surface area contributed by atoms with Gasteiger partial charge >= 0.3 is 0 Å². The zero-order valence-corrected chi connectivity index (χ0v) is 11.2. The molecule has 17 heavy (non-hydrogen) atoms. The van der Waals surface area contributed by atoms with E-state index in [0.717, 1.165) is 13.1 Å². The number of unbranched alkanes of at least 4 members (excludes halogenated alkanes) is 2. The lowest BCUT2D eigenvalue weighted by Crippen LogP contribution is -2.35. The average Bonchev–Trinajstić information content (AvgIpc) is 2.86. The van der Waals surface area contributed by atoms with E-state index in [9.17, 15) is 0 Å². The van der Waals surface area contributed by atoms with Crippen molar-refractivity contribution in [3.8, 4) is 0 Å². The Morgan fingerprint density at radius 2 is 1.88 bits per heavy atom. The van der Waals surface area contributed by atoms with Gasteiger partial charge in [0.05, 0.1) is 18.6 Å². The van der Waals surface area contributed by atoms with E-state index in [1.807, 2.05) is 12.3 Å². The molecule has 0 saturated heterocycles. The van der Waals surface area contributed by atoms with E-state index in [1.54, 1.807) is 6.26 Å². The summed E-state index contributed by atoms with van der Waals surface area (Å²) in [4.78, 5) is 2.50. The van der Waals surface area contributed by atoms with Crippen LogP contribution in [0.4, 0.5) is 0 Å². The maximum absolute atomic E-state index is 5.93. The van der Waals surface area contributed by atoms with Crippen LogP contribution in [0.5, 0.6) is 0 Å². The lowest BCUT2D eigenvalue weighted by molar-refractivity contribution is 0.195. The molecule has 0 aliphatic heterocycles. The van der Waals surface area contributed by atoms with E-state index in [0.29, 0.717) is 12.6 Å². The van der Waals surface area contributed by atoms with Gasteiger partial charge in [0, 0.05) is 12.1 Å². The van der Waals surface area contributed by atoms with Crippen LogP contribution in [0.15, 0.2) is 23.0 Å². The zero-order chi connectivity index (χ0) is 12.5. The summed E-state index contributed by atoms with van der Waals surface area (Å²) in [7, 11) is 0. The summed E-state index contributed by atoms with van der Waals surface area (Å²) in [5.41, 5.74) is 7.13. The Morgan fingerprint density at radius 3 is 2.29 bits per heavy atom. The molecule has 1 aromatic heterocycles. The second kappa shape index (κ2) is 8.31. The molecule has 0 spiro atoms. The molecule has 0 bridgehead atoms.